The summed E-state index contributed by atoms with van der Waals surface area (Å²) in [5, 5.41) is -7.64. The first-order chi connectivity index (χ1) is 68.2. The number of benzene rings is 2. The number of aliphatic imine (C=N–C) groups is 2. The Kier molecular flexibility index (Phi) is 41.1. The second-order valence-corrected chi connectivity index (χ2v) is 39.5. The zero-order chi connectivity index (χ0) is 109. The van der Waals surface area contributed by atoms with Crippen molar-refractivity contribution in [3.05, 3.63) is 364 Å². The zero-order valence-electron chi connectivity index (χ0n) is 78.8. The second-order valence-electron chi connectivity index (χ2n) is 30.5. The van der Waals surface area contributed by atoms with E-state index in [2.05, 4.69) is 115 Å². The van der Waals surface area contributed by atoms with Crippen LogP contribution < -0.4 is 23.6 Å². The van der Waals surface area contributed by atoms with Gasteiger partial charge in [-0.05, 0) is 251 Å². The first-order valence-corrected chi connectivity index (χ1v) is 49.5. The van der Waals surface area contributed by atoms with Crippen LogP contribution in [0.15, 0.2) is 305 Å². The van der Waals surface area contributed by atoms with Gasteiger partial charge in [0.15, 0.2) is 11.6 Å². The molecule has 35 nitrogen and oxygen atoms in total. The number of H-pyrrole nitrogens is 4. The smallest absolute Gasteiger partial charge is 0.362 e. The Bertz CT molecular complexity index is 7450. The molecule has 15 rings (SSSR count). The lowest BCUT2D eigenvalue weighted by Gasteiger charge is -2.32. The van der Waals surface area contributed by atoms with Gasteiger partial charge in [-0.1, -0.05) is 78.9 Å². The zero-order valence-corrected chi connectivity index (χ0v) is 82.8. The molecule has 0 bridgehead atoms. The molecule has 772 valence electrons. The number of aromatic nitrogens is 13. The van der Waals surface area contributed by atoms with Gasteiger partial charge in [0.2, 0.25) is 10.0 Å². The fourth-order valence-electron chi connectivity index (χ4n) is 11.4. The Labute approximate surface area is 829 Å². The molecule has 146 heavy (non-hydrogen) atoms. The number of amides is 5. The van der Waals surface area contributed by atoms with Crippen molar-refractivity contribution >= 4 is 103 Å². The number of imidazole rings is 2. The topological polar surface area (TPSA) is 520 Å². The van der Waals surface area contributed by atoms with Crippen molar-refractivity contribution in [3.8, 4) is 23.0 Å². The number of hydrogen-bond acceptors (Lipinski definition) is 26. The average molecular weight is 2130 g/mol. The van der Waals surface area contributed by atoms with Crippen LogP contribution in [-0.4, -0.2) is 182 Å². The third-order valence-corrected chi connectivity index (χ3v) is 25.8. The van der Waals surface area contributed by atoms with Crippen LogP contribution in [0.5, 0.6) is 0 Å². The maximum Gasteiger partial charge on any atom is 0.516 e. The predicted molar refractivity (Wildman–Crippen MR) is 518 cm³/mol. The summed E-state index contributed by atoms with van der Waals surface area (Å²) in [6, 6.07) is 53.0. The number of aryl methyl sites for hydroxylation is 7. The monoisotopic (exact) mass is 2130 g/mol. The number of pyridine rings is 7. The Morgan fingerprint density at radius 2 is 0.877 bits per heavy atom. The van der Waals surface area contributed by atoms with Crippen molar-refractivity contribution in [3.63, 3.8) is 0 Å². The van der Waals surface area contributed by atoms with Gasteiger partial charge in [0.25, 0.3) is 49.6 Å². The van der Waals surface area contributed by atoms with E-state index in [1.165, 1.54) is 115 Å². The molecule has 0 saturated heterocycles. The van der Waals surface area contributed by atoms with Gasteiger partial charge in [0, 0.05) is 95.7 Å². The highest BCUT2D eigenvalue weighted by atomic mass is 32.2. The minimum Gasteiger partial charge on any atom is -0.362 e. The summed E-state index contributed by atoms with van der Waals surface area (Å²) < 4.78 is 271. The van der Waals surface area contributed by atoms with Crippen LogP contribution in [0.3, 0.4) is 0 Å². The molecular weight excluding hydrogens is 2040 g/mol. The van der Waals surface area contributed by atoms with Gasteiger partial charge in [-0.2, -0.15) is 69.5 Å². The number of allylic oxidation sites excluding steroid dienone is 5. The number of nitrogens with zero attached hydrogens (tertiary/aromatic N) is 11. The predicted octanol–water partition coefficient (Wildman–Crippen LogP) is 16.4. The Morgan fingerprint density at radius 3 is 1.25 bits per heavy atom. The van der Waals surface area contributed by atoms with Crippen LogP contribution in [0.25, 0.3) is 34.7 Å². The van der Waals surface area contributed by atoms with E-state index in [9.17, 15) is 119 Å². The van der Waals surface area contributed by atoms with Crippen LogP contribution >= 0.6 is 0 Å². The summed E-state index contributed by atoms with van der Waals surface area (Å²) in [6.45, 7) is 23.1. The molecule has 2 aliphatic rings. The first-order valence-electron chi connectivity index (χ1n) is 42.1. The highest BCUT2D eigenvalue weighted by Gasteiger charge is 2.85. The van der Waals surface area contributed by atoms with E-state index in [1.54, 1.807) is 98.3 Å². The van der Waals surface area contributed by atoms with Crippen LogP contribution in [0, 0.1) is 48.5 Å². The van der Waals surface area contributed by atoms with Gasteiger partial charge >= 0.3 is 48.8 Å². The number of nitrogens with one attached hydrogen (secondary N) is 9. The van der Waals surface area contributed by atoms with Gasteiger partial charge in [0.05, 0.1) is 32.1 Å². The Balaban J connectivity index is 0.000000224. The van der Waals surface area contributed by atoms with E-state index in [-0.39, 0.29) is 31.6 Å². The molecule has 2 aliphatic heterocycles. The number of carbonyl (C=O) groups excluding carboxylic acids is 5. The molecule has 0 aliphatic carbocycles. The molecule has 13 aromatic rings. The van der Waals surface area contributed by atoms with Gasteiger partial charge in [-0.3, -0.25) is 58.9 Å². The summed E-state index contributed by atoms with van der Waals surface area (Å²) in [5.41, 5.74) is 10.3. The number of aromatic amines is 4. The number of carbonyl (C=O) groups is 5. The summed E-state index contributed by atoms with van der Waals surface area (Å²) in [7, 11) is -24.0. The number of halogens is 12. The molecule has 11 aromatic heterocycles. The molecule has 13 heterocycles. The summed E-state index contributed by atoms with van der Waals surface area (Å²) in [6.07, 6.45) is 14.3. The molecule has 0 radical (unpaired) electrons. The van der Waals surface area contributed by atoms with Crippen LogP contribution in [0.4, 0.5) is 52.7 Å². The highest BCUT2D eigenvalue weighted by molar-refractivity contribution is 7.92. The first kappa shape index (κ1) is 117. The fraction of sp³-hybridized carbons (Fsp3) is 0.191. The van der Waals surface area contributed by atoms with Crippen molar-refractivity contribution < 1.29 is 119 Å². The van der Waals surface area contributed by atoms with Crippen LogP contribution in [0.1, 0.15) is 138 Å². The normalized spacial score (nSPS) is 13.0. The molecule has 0 saturated carbocycles. The number of rotatable bonds is 20. The molecule has 9 N–H and O–H groups in total. The Hall–Kier alpha value is -16.0. The summed E-state index contributed by atoms with van der Waals surface area (Å²) in [5.74, 6) is -18.8. The molecule has 0 spiro atoms. The van der Waals surface area contributed by atoms with Crippen molar-refractivity contribution in [1.29, 1.82) is 0 Å². The van der Waals surface area contributed by atoms with Gasteiger partial charge in [0.1, 0.15) is 39.9 Å². The molecule has 0 fully saturated rings. The average Bonchev–Trinajstić information content (AvgIpc) is 0.791. The van der Waals surface area contributed by atoms with Gasteiger partial charge in [-0.15, -0.1) is 0 Å². The van der Waals surface area contributed by atoms with Crippen LogP contribution in [-0.2, 0) is 50.1 Å². The molecule has 0 unspecified atom stereocenters. The van der Waals surface area contributed by atoms with E-state index >= 15 is 0 Å². The van der Waals surface area contributed by atoms with E-state index in [4.69, 9.17) is 0 Å². The van der Waals surface area contributed by atoms with Crippen molar-refractivity contribution in [1.82, 2.24) is 88.4 Å². The number of sulfonamides is 5. The lowest BCUT2D eigenvalue weighted by molar-refractivity contribution is -0.382. The largest absolute Gasteiger partial charge is 0.516 e. The van der Waals surface area contributed by atoms with Crippen LogP contribution in [0.2, 0.25) is 0 Å². The minimum atomic E-state index is -7.42. The van der Waals surface area contributed by atoms with Crippen molar-refractivity contribution in [2.45, 2.75) is 127 Å². The van der Waals surface area contributed by atoms with E-state index < -0.39 is 125 Å². The van der Waals surface area contributed by atoms with E-state index in [1.807, 2.05) is 122 Å². The quantitative estimate of drug-likeness (QED) is 0.0320. The SMILES string of the molecule is C1=C/C(=C/c2ccc[nH]2)N=C1.CC(C)S(=O)(=O)NC(=O)c1ccccn1.CC1=CC(C)=N/C1=C(/C)c1[nH]c(C)cc1C.Cc1cccc(-c2nc(C)c(C)[nH]2)n1.Cc1cccc(-c2ncc[nH]2)n1.Cc1ccccc1S(=O)(=O)NC(=O)c1ccccn1.O=C(NS(=O)(=O)C(F)(F)C(F)(F)C(F)(F)C(F)(F)F)c1ccccn1.O=C(NS(=O)(=O)C(F)(F)F)c1ccccn1.O=C(NS(=O)(=O)c1ccccc1)c1ccccn1. The van der Waals surface area contributed by atoms with Gasteiger partial charge < -0.3 is 19.9 Å². The standard InChI is InChI=1S/C14H18N2.C13H12N2O3S.C12H10N2O3S.C11H13N3.C10H5F9N2O3S.C9H9N3.C9H12N2O3S.C9H8N2.C7H5F3N2O3S/c1-8-6-10(3)15-13(8)12(5)14-9(2)7-11(4)16-14;1-10-6-2-3-8-12(10)19(17,18)15-13(16)11-7-4-5-9-14-11;15-12(11-8-4-5-9-13-11)14-18(16,17)10-6-2-1-3-7-10;1-7-5-4-6-10(12-7)11-13-8(2)9(3)14-11;11-7(12,9(15,16)17)8(13,14)10(18,19)25(23,24)21-6(22)5-3-1-2-4-20-5;1-7-3-2-4-8(12-7)9-10-5-6-11-9;1-7(2)15(13,14)11-9(12)8-5-3-4-6-10-8;1-3-8(10-5-1)7-9-4-2-6-11-9;8-7(9,10)16(14,15)12-6(13)5-3-1-2-4-11-5/h6-7,15H,1-5H3;2-9H,1H3,(H,15,16);1-9H,(H,14,15);4-6H,1-3H3,(H,13,14);1-4H,(H,21,22);2-6H,1H3,(H,10,11);3-7H,1-2H3,(H,11,12);1-7,10H;1-4H,(H,12,13)/b14-12-;;;;;;;9-7-;. The highest BCUT2D eigenvalue weighted by Crippen LogP contribution is 2.54. The molecule has 5 amide bonds. The van der Waals surface area contributed by atoms with Gasteiger partial charge in [-0.25, -0.2) is 68.8 Å². The molecular formula is C94H92F12N20O15S5. The van der Waals surface area contributed by atoms with Crippen molar-refractivity contribution in [2.75, 3.05) is 0 Å². The Morgan fingerprint density at radius 1 is 0.425 bits per heavy atom. The van der Waals surface area contributed by atoms with E-state index in [0.29, 0.717) is 5.56 Å². The number of alkyl halides is 12. The lowest BCUT2D eigenvalue weighted by Crippen LogP contribution is -2.65. The minimum absolute atomic E-state index is 0.0364. The lowest BCUT2D eigenvalue weighted by atomic mass is 10.1. The second kappa shape index (κ2) is 51.3. The summed E-state index contributed by atoms with van der Waals surface area (Å²) >= 11 is 0. The molecule has 2 aromatic carbocycles. The van der Waals surface area contributed by atoms with E-state index in [0.717, 1.165) is 104 Å². The molecule has 0 atom stereocenters. The number of hydrogen-bond donors (Lipinski definition) is 9. The maximum atomic E-state index is 13.3. The third-order valence-electron chi connectivity index (χ3n) is 18.8. The maximum absolute atomic E-state index is 13.3. The summed E-state index contributed by atoms with van der Waals surface area (Å²) in [4.78, 5) is 114. The fourth-order valence-corrected chi connectivity index (χ4v) is 15.6. The van der Waals surface area contributed by atoms with Crippen molar-refractivity contribution in [2.24, 2.45) is 9.98 Å². The third kappa shape index (κ3) is 33.6. The molecule has 52 heteroatoms.